The molecule has 0 amide bonds. The van der Waals surface area contributed by atoms with E-state index in [-0.39, 0.29) is 5.57 Å². The zero-order valence-corrected chi connectivity index (χ0v) is 9.39. The minimum Gasteiger partial charge on any atom is -0.478 e. The Morgan fingerprint density at radius 2 is 2.22 bits per heavy atom. The Hall–Kier alpha value is -2.77. The van der Waals surface area contributed by atoms with Gasteiger partial charge >= 0.3 is 11.7 Å². The van der Waals surface area contributed by atoms with Crippen LogP contribution in [0, 0.1) is 0 Å². The highest BCUT2D eigenvalue weighted by Crippen LogP contribution is 1.99. The summed E-state index contributed by atoms with van der Waals surface area (Å²) in [5.74, 6) is -1.13. The second-order valence-corrected chi connectivity index (χ2v) is 3.45. The molecule has 0 aliphatic heterocycles. The number of carbonyl (C=O) groups is 1. The van der Waals surface area contributed by atoms with Gasteiger partial charge in [-0.05, 0) is 29.5 Å². The van der Waals surface area contributed by atoms with Gasteiger partial charge in [-0.3, -0.25) is 4.98 Å². The molecule has 0 fully saturated rings. The predicted molar refractivity (Wildman–Crippen MR) is 61.0 cm³/mol. The van der Waals surface area contributed by atoms with Crippen molar-refractivity contribution in [2.75, 3.05) is 0 Å². The smallest absolute Gasteiger partial charge is 0.372 e. The van der Waals surface area contributed by atoms with Crippen molar-refractivity contribution in [1.82, 2.24) is 24.8 Å². The number of aliphatic carboxylic acids is 1. The van der Waals surface area contributed by atoms with Crippen molar-refractivity contribution in [2.24, 2.45) is 0 Å². The maximum absolute atomic E-state index is 11.9. The van der Waals surface area contributed by atoms with Crippen molar-refractivity contribution in [3.05, 3.63) is 40.6 Å². The molecule has 0 aromatic carbocycles. The molecule has 2 aromatic rings. The van der Waals surface area contributed by atoms with Crippen molar-refractivity contribution in [2.45, 2.75) is 6.92 Å². The van der Waals surface area contributed by atoms with Crippen molar-refractivity contribution in [1.29, 1.82) is 0 Å². The quantitative estimate of drug-likeness (QED) is 0.751. The number of tetrazole rings is 1. The number of nitrogens with zero attached hydrogens (tertiary/aromatic N) is 5. The normalized spacial score (nSPS) is 11.5. The van der Waals surface area contributed by atoms with Crippen molar-refractivity contribution in [3.8, 4) is 5.69 Å². The van der Waals surface area contributed by atoms with E-state index in [0.29, 0.717) is 5.69 Å². The van der Waals surface area contributed by atoms with Crippen LogP contribution < -0.4 is 5.69 Å². The molecule has 8 heteroatoms. The molecule has 18 heavy (non-hydrogen) atoms. The standard InChI is InChI=1S/C10H9N5O3/c1-7(9(16)17)6-14-10(18)15(13-12-14)8-3-2-4-11-5-8/h2-6H,1H3,(H,16,17). The van der Waals surface area contributed by atoms with Crippen molar-refractivity contribution < 1.29 is 9.90 Å². The van der Waals surface area contributed by atoms with E-state index in [4.69, 9.17) is 5.11 Å². The van der Waals surface area contributed by atoms with Crippen LogP contribution in [0.3, 0.4) is 0 Å². The molecular formula is C10H9N5O3. The molecule has 8 nitrogen and oxygen atoms in total. The fraction of sp³-hybridized carbons (Fsp3) is 0.100. The first-order chi connectivity index (χ1) is 8.59. The Kier molecular flexibility index (Phi) is 3.00. The van der Waals surface area contributed by atoms with Crippen molar-refractivity contribution in [3.63, 3.8) is 0 Å². The number of carboxylic acid groups (broad SMARTS) is 1. The number of hydrogen-bond donors (Lipinski definition) is 1. The summed E-state index contributed by atoms with van der Waals surface area (Å²) in [4.78, 5) is 26.4. The molecule has 0 spiro atoms. The Balaban J connectivity index is 2.45. The lowest BCUT2D eigenvalue weighted by atomic mass is 10.3. The largest absolute Gasteiger partial charge is 0.478 e. The topological polar surface area (TPSA) is 103 Å². The molecule has 0 bridgehead atoms. The second-order valence-electron chi connectivity index (χ2n) is 3.45. The number of carboxylic acids is 1. The van der Waals surface area contributed by atoms with Gasteiger partial charge in [0.05, 0.1) is 17.5 Å². The number of pyridine rings is 1. The van der Waals surface area contributed by atoms with Crippen LogP contribution in [0.1, 0.15) is 6.92 Å². The summed E-state index contributed by atoms with van der Waals surface area (Å²) >= 11 is 0. The highest BCUT2D eigenvalue weighted by atomic mass is 16.4. The van der Waals surface area contributed by atoms with Gasteiger partial charge in [0.25, 0.3) is 0 Å². The third-order valence-corrected chi connectivity index (χ3v) is 2.15. The van der Waals surface area contributed by atoms with Crippen molar-refractivity contribution >= 4 is 12.2 Å². The molecule has 92 valence electrons. The Labute approximate surface area is 101 Å². The van der Waals surface area contributed by atoms with Gasteiger partial charge < -0.3 is 5.11 Å². The molecule has 2 aromatic heterocycles. The zero-order valence-electron chi connectivity index (χ0n) is 9.39. The molecule has 1 N–H and O–H groups in total. The van der Waals surface area contributed by atoms with Crippen LogP contribution in [-0.2, 0) is 4.79 Å². The molecule has 0 aliphatic carbocycles. The van der Waals surface area contributed by atoms with Crippen LogP contribution in [-0.4, -0.2) is 35.9 Å². The van der Waals surface area contributed by atoms with Gasteiger partial charge in [-0.25, -0.2) is 9.59 Å². The fourth-order valence-electron chi connectivity index (χ4n) is 1.22. The molecule has 0 saturated carbocycles. The first-order valence-corrected chi connectivity index (χ1v) is 4.96. The molecule has 0 aliphatic rings. The van der Waals surface area contributed by atoms with Crippen LogP contribution >= 0.6 is 0 Å². The second kappa shape index (κ2) is 4.62. The van der Waals surface area contributed by atoms with Crippen LogP contribution in [0.4, 0.5) is 0 Å². The first kappa shape index (κ1) is 11.7. The SMILES string of the molecule is CC(=Cn1nnn(-c2cccnc2)c1=O)C(=O)O. The summed E-state index contributed by atoms with van der Waals surface area (Å²) in [6, 6.07) is 3.29. The van der Waals surface area contributed by atoms with E-state index in [1.165, 1.54) is 13.1 Å². The Morgan fingerprint density at radius 1 is 1.44 bits per heavy atom. The molecule has 2 rings (SSSR count). The van der Waals surface area contributed by atoms with E-state index in [1.807, 2.05) is 0 Å². The predicted octanol–water partition coefficient (Wildman–Crippen LogP) is -0.231. The fourth-order valence-corrected chi connectivity index (χ4v) is 1.22. The highest BCUT2D eigenvalue weighted by Gasteiger charge is 2.08. The Bertz CT molecular complexity index is 656. The maximum Gasteiger partial charge on any atom is 0.372 e. The third-order valence-electron chi connectivity index (χ3n) is 2.15. The lowest BCUT2D eigenvalue weighted by molar-refractivity contribution is -0.132. The van der Waals surface area contributed by atoms with E-state index in [0.717, 1.165) is 15.6 Å². The van der Waals surface area contributed by atoms with Crippen LogP contribution in [0.5, 0.6) is 0 Å². The number of hydrogen-bond acceptors (Lipinski definition) is 5. The Morgan fingerprint density at radius 3 is 2.83 bits per heavy atom. The minimum absolute atomic E-state index is 0.0182. The van der Waals surface area contributed by atoms with E-state index in [1.54, 1.807) is 18.3 Å². The number of rotatable bonds is 3. The lowest BCUT2D eigenvalue weighted by Crippen LogP contribution is -2.22. The maximum atomic E-state index is 11.9. The summed E-state index contributed by atoms with van der Waals surface area (Å²) in [7, 11) is 0. The average molecular weight is 247 g/mol. The molecule has 0 atom stereocenters. The van der Waals surface area contributed by atoms with Crippen LogP contribution in [0.2, 0.25) is 0 Å². The van der Waals surface area contributed by atoms with Gasteiger partial charge in [0, 0.05) is 12.4 Å². The van der Waals surface area contributed by atoms with E-state index in [2.05, 4.69) is 15.4 Å². The average Bonchev–Trinajstić information content (AvgIpc) is 2.72. The molecule has 0 saturated heterocycles. The van der Waals surface area contributed by atoms with E-state index < -0.39 is 11.7 Å². The summed E-state index contributed by atoms with van der Waals surface area (Å²) < 4.78 is 1.88. The van der Waals surface area contributed by atoms with Gasteiger partial charge in [-0.2, -0.15) is 9.36 Å². The molecule has 0 radical (unpaired) electrons. The molecule has 2 heterocycles. The van der Waals surface area contributed by atoms with Gasteiger partial charge in [0.15, 0.2) is 0 Å². The summed E-state index contributed by atoms with van der Waals surface area (Å²) in [5, 5.41) is 15.9. The van der Waals surface area contributed by atoms with Gasteiger partial charge in [-0.1, -0.05) is 0 Å². The summed E-state index contributed by atoms with van der Waals surface area (Å²) in [6.07, 6.45) is 4.12. The van der Waals surface area contributed by atoms with Gasteiger partial charge in [0.2, 0.25) is 0 Å². The molecular weight excluding hydrogens is 238 g/mol. The monoisotopic (exact) mass is 247 g/mol. The zero-order chi connectivity index (χ0) is 13.1. The number of aromatic nitrogens is 5. The summed E-state index contributed by atoms with van der Waals surface area (Å²) in [6.45, 7) is 1.36. The third kappa shape index (κ3) is 2.17. The van der Waals surface area contributed by atoms with Crippen LogP contribution in [0.15, 0.2) is 34.9 Å². The van der Waals surface area contributed by atoms with E-state index in [9.17, 15) is 9.59 Å². The van der Waals surface area contributed by atoms with Gasteiger partial charge in [-0.15, -0.1) is 0 Å². The first-order valence-electron chi connectivity index (χ1n) is 4.96. The summed E-state index contributed by atoms with van der Waals surface area (Å²) in [5.41, 5.74) is -0.130. The minimum atomic E-state index is -1.13. The van der Waals surface area contributed by atoms with Crippen LogP contribution in [0.25, 0.3) is 11.9 Å². The highest BCUT2D eigenvalue weighted by molar-refractivity contribution is 5.89. The lowest BCUT2D eigenvalue weighted by Gasteiger charge is -1.95. The molecule has 0 unspecified atom stereocenters. The van der Waals surface area contributed by atoms with Gasteiger partial charge in [0.1, 0.15) is 0 Å². The van der Waals surface area contributed by atoms with E-state index >= 15 is 0 Å².